The summed E-state index contributed by atoms with van der Waals surface area (Å²) in [5.41, 5.74) is 8.17. The maximum atomic E-state index is 10.6. The van der Waals surface area contributed by atoms with Crippen LogP contribution in [0.1, 0.15) is 34.5 Å². The van der Waals surface area contributed by atoms with Crippen molar-refractivity contribution in [2.75, 3.05) is 5.73 Å². The van der Waals surface area contributed by atoms with Gasteiger partial charge in [0.2, 0.25) is 0 Å². The molecule has 0 spiro atoms. The van der Waals surface area contributed by atoms with E-state index < -0.39 is 6.10 Å². The van der Waals surface area contributed by atoms with Crippen molar-refractivity contribution < 1.29 is 9.90 Å². The van der Waals surface area contributed by atoms with Gasteiger partial charge in [0.15, 0.2) is 0 Å². The highest BCUT2D eigenvalue weighted by Crippen LogP contribution is 2.25. The Kier molecular flexibility index (Phi) is 2.68. The summed E-state index contributed by atoms with van der Waals surface area (Å²) in [6.45, 7) is 3.41. The van der Waals surface area contributed by atoms with Crippen molar-refractivity contribution >= 4 is 12.0 Å². The highest BCUT2D eigenvalue weighted by Gasteiger charge is 2.11. The van der Waals surface area contributed by atoms with Crippen molar-refractivity contribution in [3.63, 3.8) is 0 Å². The molecule has 0 saturated heterocycles. The van der Waals surface area contributed by atoms with E-state index in [0.717, 1.165) is 11.8 Å². The summed E-state index contributed by atoms with van der Waals surface area (Å²) >= 11 is 0. The zero-order chi connectivity index (χ0) is 10.0. The van der Waals surface area contributed by atoms with E-state index in [2.05, 4.69) is 0 Å². The van der Waals surface area contributed by atoms with Crippen LogP contribution in [-0.4, -0.2) is 11.4 Å². The molecule has 3 nitrogen and oxygen atoms in total. The molecule has 0 fully saturated rings. The molecule has 70 valence electrons. The number of nitrogens with two attached hydrogens (primary N) is 1. The first-order valence-corrected chi connectivity index (χ1v) is 4.10. The van der Waals surface area contributed by atoms with E-state index in [0.29, 0.717) is 16.8 Å². The standard InChI is InChI=1S/C10H13NO2/c1-6-8(5-12)3-4-9(11)10(6)7(2)13/h3-5,7,13H,11H2,1-2H3. The monoisotopic (exact) mass is 179 g/mol. The molecule has 0 saturated carbocycles. The summed E-state index contributed by atoms with van der Waals surface area (Å²) in [6, 6.07) is 3.29. The number of carbonyl (C=O) groups excluding carboxylic acids is 1. The minimum Gasteiger partial charge on any atom is -0.398 e. The van der Waals surface area contributed by atoms with Crippen molar-refractivity contribution in [3.05, 3.63) is 28.8 Å². The number of aliphatic hydroxyl groups excluding tert-OH is 1. The molecule has 1 aromatic carbocycles. The average Bonchev–Trinajstić information content (AvgIpc) is 2.04. The summed E-state index contributed by atoms with van der Waals surface area (Å²) in [6.07, 6.45) is 0.126. The number of aliphatic hydroxyl groups is 1. The normalized spacial score (nSPS) is 12.5. The molecule has 1 atom stereocenters. The van der Waals surface area contributed by atoms with Crippen molar-refractivity contribution in [3.8, 4) is 0 Å². The topological polar surface area (TPSA) is 63.3 Å². The second-order valence-electron chi connectivity index (χ2n) is 3.08. The van der Waals surface area contributed by atoms with E-state index in [1.165, 1.54) is 0 Å². The Labute approximate surface area is 77.2 Å². The molecule has 1 rings (SSSR count). The lowest BCUT2D eigenvalue weighted by molar-refractivity contribution is 0.112. The highest BCUT2D eigenvalue weighted by atomic mass is 16.3. The Balaban J connectivity index is 3.38. The Morgan fingerprint density at radius 2 is 2.15 bits per heavy atom. The van der Waals surface area contributed by atoms with Gasteiger partial charge in [0.1, 0.15) is 6.29 Å². The van der Waals surface area contributed by atoms with Gasteiger partial charge in [-0.1, -0.05) is 0 Å². The largest absolute Gasteiger partial charge is 0.398 e. The van der Waals surface area contributed by atoms with Gasteiger partial charge >= 0.3 is 0 Å². The molecule has 1 aromatic rings. The van der Waals surface area contributed by atoms with Gasteiger partial charge in [-0.15, -0.1) is 0 Å². The van der Waals surface area contributed by atoms with Crippen molar-refractivity contribution in [2.45, 2.75) is 20.0 Å². The van der Waals surface area contributed by atoms with Gasteiger partial charge in [-0.25, -0.2) is 0 Å². The zero-order valence-corrected chi connectivity index (χ0v) is 7.74. The Hall–Kier alpha value is -1.35. The van der Waals surface area contributed by atoms with Crippen LogP contribution < -0.4 is 5.73 Å². The van der Waals surface area contributed by atoms with Crippen LogP contribution in [0.5, 0.6) is 0 Å². The maximum Gasteiger partial charge on any atom is 0.150 e. The van der Waals surface area contributed by atoms with Crippen molar-refractivity contribution in [1.29, 1.82) is 0 Å². The lowest BCUT2D eigenvalue weighted by Gasteiger charge is -2.13. The molecule has 1 unspecified atom stereocenters. The molecule has 3 N–H and O–H groups in total. The van der Waals surface area contributed by atoms with Crippen molar-refractivity contribution in [1.82, 2.24) is 0 Å². The van der Waals surface area contributed by atoms with Crippen LogP contribution in [0.2, 0.25) is 0 Å². The Bertz CT molecular complexity index is 332. The number of nitrogen functional groups attached to an aromatic ring is 1. The van der Waals surface area contributed by atoms with E-state index in [4.69, 9.17) is 5.73 Å². The van der Waals surface area contributed by atoms with Crippen LogP contribution in [0.4, 0.5) is 5.69 Å². The first-order chi connectivity index (χ1) is 6.07. The zero-order valence-electron chi connectivity index (χ0n) is 7.74. The fourth-order valence-electron chi connectivity index (χ4n) is 1.45. The number of hydrogen-bond acceptors (Lipinski definition) is 3. The Morgan fingerprint density at radius 3 is 2.62 bits per heavy atom. The van der Waals surface area contributed by atoms with E-state index >= 15 is 0 Å². The van der Waals surface area contributed by atoms with Crippen LogP contribution >= 0.6 is 0 Å². The highest BCUT2D eigenvalue weighted by molar-refractivity contribution is 5.79. The number of hydrogen-bond donors (Lipinski definition) is 2. The molecule has 0 radical (unpaired) electrons. The SMILES string of the molecule is Cc1c(C=O)ccc(N)c1C(C)O. The van der Waals surface area contributed by atoms with Gasteiger partial charge in [-0.2, -0.15) is 0 Å². The van der Waals surface area contributed by atoms with Crippen LogP contribution in [0.15, 0.2) is 12.1 Å². The molecule has 0 aliphatic heterocycles. The van der Waals surface area contributed by atoms with Gasteiger partial charge < -0.3 is 10.8 Å². The summed E-state index contributed by atoms with van der Waals surface area (Å²) in [7, 11) is 0. The average molecular weight is 179 g/mol. The van der Waals surface area contributed by atoms with E-state index in [9.17, 15) is 9.90 Å². The molecule has 0 amide bonds. The second kappa shape index (κ2) is 3.58. The van der Waals surface area contributed by atoms with E-state index in [1.807, 2.05) is 0 Å². The minimum atomic E-state index is -0.639. The molecular formula is C10H13NO2. The fraction of sp³-hybridized carbons (Fsp3) is 0.300. The van der Waals surface area contributed by atoms with Crippen LogP contribution in [0, 0.1) is 6.92 Å². The third-order valence-corrected chi connectivity index (χ3v) is 2.14. The molecular weight excluding hydrogens is 166 g/mol. The first-order valence-electron chi connectivity index (χ1n) is 4.10. The lowest BCUT2D eigenvalue weighted by Crippen LogP contribution is -2.03. The van der Waals surface area contributed by atoms with E-state index in [-0.39, 0.29) is 0 Å². The summed E-state index contributed by atoms with van der Waals surface area (Å²) in [5, 5.41) is 9.41. The smallest absolute Gasteiger partial charge is 0.150 e. The van der Waals surface area contributed by atoms with Crippen molar-refractivity contribution in [2.24, 2.45) is 0 Å². The van der Waals surface area contributed by atoms with Gasteiger partial charge in [0, 0.05) is 16.8 Å². The van der Waals surface area contributed by atoms with Gasteiger partial charge in [-0.05, 0) is 31.5 Å². The van der Waals surface area contributed by atoms with Crippen LogP contribution in [0.25, 0.3) is 0 Å². The quantitative estimate of drug-likeness (QED) is 0.533. The predicted molar refractivity (Wildman–Crippen MR) is 51.6 cm³/mol. The van der Waals surface area contributed by atoms with Gasteiger partial charge in [0.05, 0.1) is 6.10 Å². The number of aldehydes is 1. The number of rotatable bonds is 2. The molecule has 0 bridgehead atoms. The molecule has 0 aliphatic rings. The number of carbonyl (C=O) groups is 1. The first kappa shape index (κ1) is 9.74. The van der Waals surface area contributed by atoms with Gasteiger partial charge in [-0.3, -0.25) is 4.79 Å². The Morgan fingerprint density at radius 1 is 1.54 bits per heavy atom. The lowest BCUT2D eigenvalue weighted by atomic mass is 9.98. The summed E-state index contributed by atoms with van der Waals surface area (Å²) in [4.78, 5) is 10.6. The molecule has 0 heterocycles. The maximum absolute atomic E-state index is 10.6. The number of benzene rings is 1. The van der Waals surface area contributed by atoms with Gasteiger partial charge in [0.25, 0.3) is 0 Å². The molecule has 0 aromatic heterocycles. The predicted octanol–water partition coefficient (Wildman–Crippen LogP) is 1.44. The third kappa shape index (κ3) is 1.70. The van der Waals surface area contributed by atoms with Crippen LogP contribution in [-0.2, 0) is 0 Å². The molecule has 3 heteroatoms. The molecule has 0 aliphatic carbocycles. The minimum absolute atomic E-state index is 0.526. The van der Waals surface area contributed by atoms with Crippen LogP contribution in [0.3, 0.4) is 0 Å². The summed E-state index contributed by atoms with van der Waals surface area (Å²) in [5.74, 6) is 0. The third-order valence-electron chi connectivity index (χ3n) is 2.14. The molecule has 13 heavy (non-hydrogen) atoms. The second-order valence-corrected chi connectivity index (χ2v) is 3.08. The fourth-order valence-corrected chi connectivity index (χ4v) is 1.45. The number of anilines is 1. The van der Waals surface area contributed by atoms with E-state index in [1.54, 1.807) is 26.0 Å². The summed E-state index contributed by atoms with van der Waals surface area (Å²) < 4.78 is 0.